The lowest BCUT2D eigenvalue weighted by Crippen LogP contribution is -2.62. The van der Waals surface area contributed by atoms with Gasteiger partial charge in [0.05, 0.1) is 11.5 Å². The molecule has 2 aromatic rings. The van der Waals surface area contributed by atoms with Crippen molar-refractivity contribution in [1.29, 1.82) is 0 Å². The van der Waals surface area contributed by atoms with E-state index in [1.54, 1.807) is 12.3 Å². The fraction of sp³-hybridized carbons (Fsp3) is 0.458. The molecule has 0 unspecified atom stereocenters. The van der Waals surface area contributed by atoms with E-state index in [9.17, 15) is 9.59 Å². The summed E-state index contributed by atoms with van der Waals surface area (Å²) in [7, 11) is 0. The standard InChI is InChI=1S/C24H29N3O2/c1-17(2)16-27-23(29)19-11-5-4-10-18(19)21(24(27)13-7-3-8-14-24)22(28)26-20-12-6-9-15-25-20/h4-6,9-12,15,17,21H,3,7-8,13-14,16H2,1-2H3,(H,25,26,28)/t21-/m0/s1. The average Bonchev–Trinajstić information content (AvgIpc) is 2.72. The maximum Gasteiger partial charge on any atom is 0.254 e. The van der Waals surface area contributed by atoms with Crippen LogP contribution >= 0.6 is 0 Å². The van der Waals surface area contributed by atoms with E-state index in [-0.39, 0.29) is 11.8 Å². The molecule has 1 fully saturated rings. The number of aromatic nitrogens is 1. The van der Waals surface area contributed by atoms with Crippen molar-refractivity contribution in [2.24, 2.45) is 5.92 Å². The van der Waals surface area contributed by atoms with Gasteiger partial charge >= 0.3 is 0 Å². The zero-order valence-electron chi connectivity index (χ0n) is 17.2. The third-order valence-corrected chi connectivity index (χ3v) is 6.27. The molecule has 1 aromatic carbocycles. The van der Waals surface area contributed by atoms with Crippen LogP contribution in [-0.2, 0) is 4.79 Å². The van der Waals surface area contributed by atoms with Crippen LogP contribution in [0.25, 0.3) is 0 Å². The lowest BCUT2D eigenvalue weighted by molar-refractivity contribution is -0.122. The summed E-state index contributed by atoms with van der Waals surface area (Å²) < 4.78 is 0. The van der Waals surface area contributed by atoms with Gasteiger partial charge in [0.15, 0.2) is 0 Å². The Balaban J connectivity index is 1.83. The molecule has 1 saturated carbocycles. The van der Waals surface area contributed by atoms with Crippen molar-refractivity contribution in [3.8, 4) is 0 Å². The van der Waals surface area contributed by atoms with E-state index in [0.29, 0.717) is 23.8 Å². The number of hydrogen-bond donors (Lipinski definition) is 1. The summed E-state index contributed by atoms with van der Waals surface area (Å²) >= 11 is 0. The Labute approximate surface area is 172 Å². The number of nitrogens with zero attached hydrogens (tertiary/aromatic N) is 2. The van der Waals surface area contributed by atoms with Crippen LogP contribution in [0.5, 0.6) is 0 Å². The van der Waals surface area contributed by atoms with Gasteiger partial charge in [0.25, 0.3) is 5.91 Å². The summed E-state index contributed by atoms with van der Waals surface area (Å²) in [5.74, 6) is 0.491. The van der Waals surface area contributed by atoms with Crippen molar-refractivity contribution in [3.05, 3.63) is 59.8 Å². The molecule has 152 valence electrons. The zero-order chi connectivity index (χ0) is 20.4. The summed E-state index contributed by atoms with van der Waals surface area (Å²) in [5.41, 5.74) is 1.05. The van der Waals surface area contributed by atoms with Crippen LogP contribution in [0.4, 0.5) is 5.82 Å². The van der Waals surface area contributed by atoms with Gasteiger partial charge in [-0.25, -0.2) is 4.98 Å². The van der Waals surface area contributed by atoms with E-state index in [0.717, 1.165) is 37.7 Å². The smallest absolute Gasteiger partial charge is 0.254 e. The molecule has 2 aliphatic rings. The minimum absolute atomic E-state index is 0.0677. The first-order valence-corrected chi connectivity index (χ1v) is 10.7. The summed E-state index contributed by atoms with van der Waals surface area (Å²) in [6, 6.07) is 13.1. The average molecular weight is 392 g/mol. The Bertz CT molecular complexity index is 888. The van der Waals surface area contributed by atoms with Crippen LogP contribution < -0.4 is 5.32 Å². The van der Waals surface area contributed by atoms with Gasteiger partial charge < -0.3 is 10.2 Å². The number of amides is 2. The number of benzene rings is 1. The van der Waals surface area contributed by atoms with Crippen LogP contribution in [0.1, 0.15) is 67.8 Å². The van der Waals surface area contributed by atoms with Crippen molar-refractivity contribution >= 4 is 17.6 Å². The van der Waals surface area contributed by atoms with Crippen LogP contribution in [0.3, 0.4) is 0 Å². The van der Waals surface area contributed by atoms with E-state index in [1.165, 1.54) is 0 Å². The van der Waals surface area contributed by atoms with Gasteiger partial charge in [-0.1, -0.05) is 57.4 Å². The van der Waals surface area contributed by atoms with Crippen LogP contribution in [-0.4, -0.2) is 33.8 Å². The molecule has 2 heterocycles. The number of pyridine rings is 1. The highest BCUT2D eigenvalue weighted by Gasteiger charge is 2.54. The quantitative estimate of drug-likeness (QED) is 0.827. The van der Waals surface area contributed by atoms with E-state index >= 15 is 0 Å². The third kappa shape index (κ3) is 3.54. The van der Waals surface area contributed by atoms with Gasteiger partial charge in [0.1, 0.15) is 5.82 Å². The van der Waals surface area contributed by atoms with Gasteiger partial charge in [0.2, 0.25) is 5.91 Å². The first-order valence-electron chi connectivity index (χ1n) is 10.7. The Kier molecular flexibility index (Phi) is 5.39. The van der Waals surface area contributed by atoms with E-state index < -0.39 is 11.5 Å². The van der Waals surface area contributed by atoms with Crippen molar-refractivity contribution in [1.82, 2.24) is 9.88 Å². The molecule has 0 saturated heterocycles. The molecule has 1 N–H and O–H groups in total. The molecule has 1 aliphatic heterocycles. The normalized spacial score (nSPS) is 20.6. The lowest BCUT2D eigenvalue weighted by atomic mass is 9.65. The molecule has 1 spiro atoms. The van der Waals surface area contributed by atoms with Crippen LogP contribution in [0.15, 0.2) is 48.7 Å². The minimum atomic E-state index is -0.465. The molecule has 4 rings (SSSR count). The molecule has 29 heavy (non-hydrogen) atoms. The van der Waals surface area contributed by atoms with Crippen molar-refractivity contribution < 1.29 is 9.59 Å². The summed E-state index contributed by atoms with van der Waals surface area (Å²) in [4.78, 5) is 33.5. The molecule has 5 nitrogen and oxygen atoms in total. The predicted octanol–water partition coefficient (Wildman–Crippen LogP) is 4.62. The number of fused-ring (bicyclic) bond motifs is 1. The van der Waals surface area contributed by atoms with Crippen LogP contribution in [0.2, 0.25) is 0 Å². The maximum atomic E-state index is 13.7. The fourth-order valence-corrected chi connectivity index (χ4v) is 5.11. The lowest BCUT2D eigenvalue weighted by Gasteiger charge is -2.54. The van der Waals surface area contributed by atoms with E-state index in [4.69, 9.17) is 0 Å². The largest absolute Gasteiger partial charge is 0.332 e. The highest BCUT2D eigenvalue weighted by atomic mass is 16.2. The van der Waals surface area contributed by atoms with Crippen LogP contribution in [0, 0.1) is 5.92 Å². The number of anilines is 1. The summed E-state index contributed by atoms with van der Waals surface area (Å²) in [6.45, 7) is 4.93. The van der Waals surface area contributed by atoms with E-state index in [2.05, 4.69) is 24.1 Å². The number of carbonyl (C=O) groups is 2. The molecular weight excluding hydrogens is 362 g/mol. The highest BCUT2D eigenvalue weighted by Crippen LogP contribution is 2.49. The fourth-order valence-electron chi connectivity index (χ4n) is 5.11. The van der Waals surface area contributed by atoms with Crippen molar-refractivity contribution in [3.63, 3.8) is 0 Å². The second-order valence-electron chi connectivity index (χ2n) is 8.70. The molecule has 0 radical (unpaired) electrons. The Hall–Kier alpha value is -2.69. The van der Waals surface area contributed by atoms with E-state index in [1.807, 2.05) is 41.3 Å². The Morgan fingerprint density at radius 1 is 1.14 bits per heavy atom. The number of rotatable bonds is 4. The second kappa shape index (κ2) is 7.97. The molecule has 1 aliphatic carbocycles. The Morgan fingerprint density at radius 3 is 2.55 bits per heavy atom. The molecule has 1 aromatic heterocycles. The number of nitrogens with one attached hydrogen (secondary N) is 1. The summed E-state index contributed by atoms with van der Waals surface area (Å²) in [6.07, 6.45) is 6.63. The minimum Gasteiger partial charge on any atom is -0.332 e. The first kappa shape index (κ1) is 19.6. The highest BCUT2D eigenvalue weighted by molar-refractivity contribution is 6.04. The van der Waals surface area contributed by atoms with Gasteiger partial charge in [-0.3, -0.25) is 9.59 Å². The van der Waals surface area contributed by atoms with Crippen molar-refractivity contribution in [2.75, 3.05) is 11.9 Å². The number of carbonyl (C=O) groups excluding carboxylic acids is 2. The molecular formula is C24H29N3O2. The van der Waals surface area contributed by atoms with Gasteiger partial charge in [-0.2, -0.15) is 0 Å². The second-order valence-corrected chi connectivity index (χ2v) is 8.70. The first-order chi connectivity index (χ1) is 14.0. The van der Waals surface area contributed by atoms with Crippen molar-refractivity contribution in [2.45, 2.75) is 57.4 Å². The zero-order valence-corrected chi connectivity index (χ0v) is 17.2. The molecule has 1 atom stereocenters. The summed E-state index contributed by atoms with van der Waals surface area (Å²) in [5, 5.41) is 3.02. The topological polar surface area (TPSA) is 62.3 Å². The molecule has 5 heteroatoms. The van der Waals surface area contributed by atoms with Gasteiger partial charge in [-0.05, 0) is 42.5 Å². The molecule has 0 bridgehead atoms. The molecule has 2 amide bonds. The third-order valence-electron chi connectivity index (χ3n) is 6.27. The van der Waals surface area contributed by atoms with Gasteiger partial charge in [-0.15, -0.1) is 0 Å². The SMILES string of the molecule is CC(C)CN1C(=O)c2ccccc2[C@@H](C(=O)Nc2ccccn2)C12CCCCC2. The number of hydrogen-bond acceptors (Lipinski definition) is 3. The predicted molar refractivity (Wildman–Crippen MR) is 114 cm³/mol. The maximum absolute atomic E-state index is 13.7. The monoisotopic (exact) mass is 391 g/mol. The Morgan fingerprint density at radius 2 is 1.86 bits per heavy atom. The van der Waals surface area contributed by atoms with Gasteiger partial charge in [0, 0.05) is 18.3 Å².